The van der Waals surface area contributed by atoms with Crippen LogP contribution in [-0.2, 0) is 24.3 Å². The van der Waals surface area contributed by atoms with Crippen molar-refractivity contribution in [1.29, 1.82) is 0 Å². The van der Waals surface area contributed by atoms with Crippen LogP contribution >= 0.6 is 11.8 Å². The fourth-order valence-corrected chi connectivity index (χ4v) is 3.68. The second-order valence-corrected chi connectivity index (χ2v) is 7.82. The van der Waals surface area contributed by atoms with E-state index in [1.54, 1.807) is 4.57 Å². The zero-order valence-corrected chi connectivity index (χ0v) is 15.5. The Labute approximate surface area is 146 Å². The quantitative estimate of drug-likeness (QED) is 0.483. The third-order valence-electron chi connectivity index (χ3n) is 4.05. The van der Waals surface area contributed by atoms with Gasteiger partial charge in [0.05, 0.1) is 23.3 Å². The van der Waals surface area contributed by atoms with Gasteiger partial charge in [0.1, 0.15) is 0 Å². The van der Waals surface area contributed by atoms with E-state index in [1.165, 1.54) is 11.8 Å². The van der Waals surface area contributed by atoms with E-state index in [9.17, 15) is 4.79 Å². The van der Waals surface area contributed by atoms with Crippen LogP contribution in [0.1, 0.15) is 39.0 Å². The van der Waals surface area contributed by atoms with Crippen LogP contribution in [0.3, 0.4) is 0 Å². The molecule has 128 valence electrons. The van der Waals surface area contributed by atoms with E-state index in [2.05, 4.69) is 25.4 Å². The molecule has 1 aliphatic rings. The summed E-state index contributed by atoms with van der Waals surface area (Å²) in [6, 6.07) is 1.90. The van der Waals surface area contributed by atoms with Crippen molar-refractivity contribution < 1.29 is 4.74 Å². The van der Waals surface area contributed by atoms with Crippen LogP contribution in [-0.4, -0.2) is 25.9 Å². The number of fused-ring (bicyclic) bond motifs is 2. The van der Waals surface area contributed by atoms with Crippen molar-refractivity contribution in [1.82, 2.24) is 14.5 Å². The van der Waals surface area contributed by atoms with Gasteiger partial charge in [-0.05, 0) is 33.8 Å². The van der Waals surface area contributed by atoms with Gasteiger partial charge in [-0.2, -0.15) is 0 Å². The minimum absolute atomic E-state index is 0.0353. The zero-order valence-electron chi connectivity index (χ0n) is 14.7. The molecule has 1 aliphatic heterocycles. The highest BCUT2D eigenvalue weighted by molar-refractivity contribution is 7.99. The number of pyridine rings is 1. The number of hydrogen-bond acceptors (Lipinski definition) is 5. The van der Waals surface area contributed by atoms with Gasteiger partial charge in [0.2, 0.25) is 0 Å². The zero-order chi connectivity index (χ0) is 17.5. The average molecular weight is 345 g/mol. The maximum atomic E-state index is 12.8. The Balaban J connectivity index is 2.15. The Hall–Kier alpha value is -1.66. The van der Waals surface area contributed by atoms with Gasteiger partial charge >= 0.3 is 0 Å². The van der Waals surface area contributed by atoms with Gasteiger partial charge in [0, 0.05) is 24.3 Å². The van der Waals surface area contributed by atoms with Crippen LogP contribution in [0.15, 0.2) is 28.2 Å². The first-order chi connectivity index (χ1) is 11.3. The lowest BCUT2D eigenvalue weighted by Gasteiger charge is -2.31. The molecule has 0 fully saturated rings. The third kappa shape index (κ3) is 3.26. The summed E-state index contributed by atoms with van der Waals surface area (Å²) in [5.41, 5.74) is 3.29. The van der Waals surface area contributed by atoms with Crippen LogP contribution in [0, 0.1) is 0 Å². The summed E-state index contributed by atoms with van der Waals surface area (Å²) in [5.74, 6) is 0.740. The molecule has 0 saturated carbocycles. The molecule has 0 unspecified atom stereocenters. The highest BCUT2D eigenvalue weighted by Crippen LogP contribution is 2.28. The Kier molecular flexibility index (Phi) is 4.53. The van der Waals surface area contributed by atoms with E-state index in [1.807, 2.05) is 19.9 Å². The molecule has 24 heavy (non-hydrogen) atoms. The van der Waals surface area contributed by atoms with Crippen molar-refractivity contribution in [2.75, 3.05) is 5.75 Å². The van der Waals surface area contributed by atoms with Crippen LogP contribution in [0.25, 0.3) is 11.0 Å². The van der Waals surface area contributed by atoms with Gasteiger partial charge in [0.25, 0.3) is 5.56 Å². The van der Waals surface area contributed by atoms with Crippen LogP contribution < -0.4 is 5.56 Å². The standard InChI is InChI=1S/C18H23N3O2S/c1-6-21-16(22)13-7-12-9-23-18(4,5)8-14(12)19-15(13)20-17(21)24-10-11(2)3/h7H,2,6,8-10H2,1,3-5H3. The van der Waals surface area contributed by atoms with Crippen molar-refractivity contribution in [3.05, 3.63) is 39.8 Å². The molecule has 6 heteroatoms. The van der Waals surface area contributed by atoms with E-state index < -0.39 is 0 Å². The summed E-state index contributed by atoms with van der Waals surface area (Å²) >= 11 is 1.53. The summed E-state index contributed by atoms with van der Waals surface area (Å²) in [6.45, 7) is 13.0. The summed E-state index contributed by atoms with van der Waals surface area (Å²) in [5, 5.41) is 1.27. The summed E-state index contributed by atoms with van der Waals surface area (Å²) in [4.78, 5) is 22.2. The Morgan fingerprint density at radius 1 is 1.46 bits per heavy atom. The summed E-state index contributed by atoms with van der Waals surface area (Å²) in [7, 11) is 0. The molecule has 3 rings (SSSR count). The Bertz CT molecular complexity index is 871. The molecule has 0 saturated heterocycles. The molecule has 0 aliphatic carbocycles. The molecule has 2 aromatic heterocycles. The van der Waals surface area contributed by atoms with Gasteiger partial charge in [-0.15, -0.1) is 0 Å². The Morgan fingerprint density at radius 3 is 2.88 bits per heavy atom. The van der Waals surface area contributed by atoms with Gasteiger partial charge in [-0.3, -0.25) is 9.36 Å². The molecule has 0 radical (unpaired) electrons. The second kappa shape index (κ2) is 6.33. The first-order valence-corrected chi connectivity index (χ1v) is 9.14. The van der Waals surface area contributed by atoms with Gasteiger partial charge in [-0.1, -0.05) is 23.9 Å². The predicted molar refractivity (Wildman–Crippen MR) is 97.6 cm³/mol. The molecule has 0 spiro atoms. The van der Waals surface area contributed by atoms with Gasteiger partial charge in [0.15, 0.2) is 10.8 Å². The third-order valence-corrected chi connectivity index (χ3v) is 5.26. The molecule has 0 N–H and O–H groups in total. The maximum absolute atomic E-state index is 12.8. The molecule has 3 heterocycles. The summed E-state index contributed by atoms with van der Waals surface area (Å²) < 4.78 is 7.55. The number of nitrogens with zero attached hydrogens (tertiary/aromatic N) is 3. The SMILES string of the molecule is C=C(C)CSc1nc2nc3c(cc2c(=O)n1CC)COC(C)(C)C3. The normalized spacial score (nSPS) is 16.2. The average Bonchev–Trinajstić information content (AvgIpc) is 2.50. The predicted octanol–water partition coefficient (Wildman–Crippen LogP) is 3.33. The minimum atomic E-state index is -0.233. The van der Waals surface area contributed by atoms with Crippen molar-refractivity contribution in [3.8, 4) is 0 Å². The van der Waals surface area contributed by atoms with Crippen molar-refractivity contribution in [2.24, 2.45) is 0 Å². The lowest BCUT2D eigenvalue weighted by atomic mass is 9.95. The summed E-state index contributed by atoms with van der Waals surface area (Å²) in [6.07, 6.45) is 0.727. The lowest BCUT2D eigenvalue weighted by molar-refractivity contribution is -0.0411. The first kappa shape index (κ1) is 17.2. The van der Waals surface area contributed by atoms with E-state index >= 15 is 0 Å². The molecular weight excluding hydrogens is 322 g/mol. The van der Waals surface area contributed by atoms with Crippen LogP contribution in [0.5, 0.6) is 0 Å². The molecular formula is C18H23N3O2S. The number of rotatable bonds is 4. The molecule has 2 aromatic rings. The van der Waals surface area contributed by atoms with Gasteiger partial charge in [-0.25, -0.2) is 9.97 Å². The topological polar surface area (TPSA) is 57.0 Å². The van der Waals surface area contributed by atoms with Crippen molar-refractivity contribution >= 4 is 22.8 Å². The number of ether oxygens (including phenoxy) is 1. The molecule has 5 nitrogen and oxygen atoms in total. The van der Waals surface area contributed by atoms with Crippen LogP contribution in [0.4, 0.5) is 0 Å². The fraction of sp³-hybridized carbons (Fsp3) is 0.500. The highest BCUT2D eigenvalue weighted by Gasteiger charge is 2.28. The smallest absolute Gasteiger partial charge is 0.263 e. The largest absolute Gasteiger partial charge is 0.370 e. The van der Waals surface area contributed by atoms with Crippen molar-refractivity contribution in [2.45, 2.75) is 58.0 Å². The molecule has 0 aromatic carbocycles. The van der Waals surface area contributed by atoms with Crippen LogP contribution in [0.2, 0.25) is 0 Å². The van der Waals surface area contributed by atoms with E-state index in [4.69, 9.17) is 9.72 Å². The molecule has 0 atom stereocenters. The maximum Gasteiger partial charge on any atom is 0.263 e. The molecule has 0 amide bonds. The monoisotopic (exact) mass is 345 g/mol. The second-order valence-electron chi connectivity index (χ2n) is 6.88. The first-order valence-electron chi connectivity index (χ1n) is 8.15. The van der Waals surface area contributed by atoms with Crippen molar-refractivity contribution in [3.63, 3.8) is 0 Å². The number of hydrogen-bond donors (Lipinski definition) is 0. The van der Waals surface area contributed by atoms with E-state index in [-0.39, 0.29) is 11.2 Å². The lowest BCUT2D eigenvalue weighted by Crippen LogP contribution is -2.33. The number of thioether (sulfide) groups is 1. The fourth-order valence-electron chi connectivity index (χ4n) is 2.79. The number of aromatic nitrogens is 3. The molecule has 0 bridgehead atoms. The van der Waals surface area contributed by atoms with Gasteiger partial charge < -0.3 is 4.74 Å². The van der Waals surface area contributed by atoms with E-state index in [0.29, 0.717) is 29.3 Å². The van der Waals surface area contributed by atoms with E-state index in [0.717, 1.165) is 29.0 Å². The Morgan fingerprint density at radius 2 is 2.21 bits per heavy atom. The minimum Gasteiger partial charge on any atom is -0.370 e. The highest BCUT2D eigenvalue weighted by atomic mass is 32.2.